The summed E-state index contributed by atoms with van der Waals surface area (Å²) in [6, 6.07) is 9.81. The summed E-state index contributed by atoms with van der Waals surface area (Å²) in [4.78, 5) is 32.0. The Kier molecular flexibility index (Phi) is 7.61. The summed E-state index contributed by atoms with van der Waals surface area (Å²) in [5, 5.41) is 11.8. The number of pyridine rings is 2. The van der Waals surface area contributed by atoms with Crippen molar-refractivity contribution in [2.45, 2.75) is 46.0 Å². The number of fused-ring (bicyclic) bond motifs is 1. The van der Waals surface area contributed by atoms with E-state index in [9.17, 15) is 14.3 Å². The summed E-state index contributed by atoms with van der Waals surface area (Å²) < 4.78 is 14.9. The zero-order valence-electron chi connectivity index (χ0n) is 23.0. The molecule has 0 aliphatic carbocycles. The van der Waals surface area contributed by atoms with E-state index in [0.717, 1.165) is 11.3 Å². The lowest BCUT2D eigenvalue weighted by molar-refractivity contribution is -0.129. The number of amidine groups is 1. The van der Waals surface area contributed by atoms with E-state index >= 15 is 0 Å². The quantitative estimate of drug-likeness (QED) is 0.437. The molecule has 1 amide bonds. The molecule has 5 rings (SSSR count). The van der Waals surface area contributed by atoms with Crippen LogP contribution in [0, 0.1) is 12.7 Å². The molecule has 1 unspecified atom stereocenters. The van der Waals surface area contributed by atoms with Gasteiger partial charge in [-0.15, -0.1) is 0 Å². The number of aryl methyl sites for hydroxylation is 1. The van der Waals surface area contributed by atoms with Crippen molar-refractivity contribution >= 4 is 34.8 Å². The number of hydrogen-bond donors (Lipinski definition) is 1. The van der Waals surface area contributed by atoms with E-state index in [2.05, 4.69) is 11.6 Å². The number of piperazine rings is 1. The number of hydrogen-bond acceptors (Lipinski definition) is 7. The highest BCUT2D eigenvalue weighted by Crippen LogP contribution is 2.42. The fraction of sp³-hybridized carbons (Fsp3) is 0.333. The Bertz CT molecular complexity index is 1510. The number of benzene rings is 1. The van der Waals surface area contributed by atoms with E-state index in [4.69, 9.17) is 21.6 Å². The van der Waals surface area contributed by atoms with Gasteiger partial charge in [0.2, 0.25) is 12.3 Å². The maximum absolute atomic E-state index is 14.9. The molecule has 1 saturated heterocycles. The Morgan fingerprint density at radius 2 is 1.98 bits per heavy atom. The van der Waals surface area contributed by atoms with Crippen molar-refractivity contribution in [3.05, 3.63) is 82.9 Å². The van der Waals surface area contributed by atoms with Crippen LogP contribution in [0.25, 0.3) is 11.3 Å². The van der Waals surface area contributed by atoms with Gasteiger partial charge in [-0.2, -0.15) is 0 Å². The number of aliphatic hydroxyl groups excluding tert-OH is 1. The number of nitrogens with zero attached hydrogens (tertiary/aromatic N) is 6. The van der Waals surface area contributed by atoms with Gasteiger partial charge in [-0.25, -0.2) is 14.4 Å². The molecule has 0 saturated carbocycles. The highest BCUT2D eigenvalue weighted by Gasteiger charge is 2.37. The molecule has 3 aromatic rings. The zero-order chi connectivity index (χ0) is 28.7. The van der Waals surface area contributed by atoms with Crippen LogP contribution in [0.15, 0.2) is 60.2 Å². The average molecular weight is 563 g/mol. The topological polar surface area (TPSA) is 85.2 Å². The number of halogens is 2. The molecule has 10 heteroatoms. The molecule has 0 bridgehead atoms. The first-order chi connectivity index (χ1) is 19.1. The zero-order valence-corrected chi connectivity index (χ0v) is 23.7. The Morgan fingerprint density at radius 1 is 1.23 bits per heavy atom. The molecule has 2 atom stereocenters. The maximum Gasteiger partial charge on any atom is 0.246 e. The predicted octanol–water partition coefficient (Wildman–Crippen LogP) is 5.26. The third kappa shape index (κ3) is 4.84. The van der Waals surface area contributed by atoms with Gasteiger partial charge in [0.05, 0.1) is 27.7 Å². The molecular formula is C30H32ClFN6O2. The van der Waals surface area contributed by atoms with Gasteiger partial charge in [0.15, 0.2) is 0 Å². The van der Waals surface area contributed by atoms with Crippen LogP contribution in [-0.2, 0) is 4.79 Å². The summed E-state index contributed by atoms with van der Waals surface area (Å²) in [5.74, 6) is 0.377. The highest BCUT2D eigenvalue weighted by molar-refractivity contribution is 6.33. The van der Waals surface area contributed by atoms with Crippen LogP contribution in [0.1, 0.15) is 43.5 Å². The molecular weight excluding hydrogens is 531 g/mol. The Balaban J connectivity index is 1.69. The number of anilines is 2. The maximum atomic E-state index is 14.9. The number of aliphatic imine (C=N–C) groups is 1. The van der Waals surface area contributed by atoms with Crippen LogP contribution in [0.2, 0.25) is 5.02 Å². The second kappa shape index (κ2) is 11.0. The molecule has 208 valence electrons. The molecule has 0 spiro atoms. The van der Waals surface area contributed by atoms with Crippen LogP contribution in [0.5, 0.6) is 0 Å². The second-order valence-corrected chi connectivity index (χ2v) is 10.8. The number of carbonyl (C=O) groups is 1. The summed E-state index contributed by atoms with van der Waals surface area (Å²) in [5.41, 5.74) is 3.47. The first kappa shape index (κ1) is 27.7. The molecule has 2 aliphatic rings. The van der Waals surface area contributed by atoms with E-state index in [1.54, 1.807) is 40.3 Å². The monoisotopic (exact) mass is 562 g/mol. The normalized spacial score (nSPS) is 19.0. The van der Waals surface area contributed by atoms with Gasteiger partial charge in [0.1, 0.15) is 17.5 Å². The van der Waals surface area contributed by atoms with Gasteiger partial charge in [0, 0.05) is 37.4 Å². The molecule has 2 aliphatic heterocycles. The van der Waals surface area contributed by atoms with Gasteiger partial charge in [-0.1, -0.05) is 44.2 Å². The number of rotatable bonds is 4. The largest absolute Gasteiger partial charge is 0.355 e. The summed E-state index contributed by atoms with van der Waals surface area (Å²) >= 11 is 6.77. The van der Waals surface area contributed by atoms with Crippen LogP contribution in [0.4, 0.5) is 15.9 Å². The Labute approximate surface area is 238 Å². The molecule has 1 fully saturated rings. The van der Waals surface area contributed by atoms with Crippen molar-refractivity contribution in [3.8, 4) is 11.3 Å². The highest BCUT2D eigenvalue weighted by atomic mass is 35.5. The molecule has 1 aromatic carbocycles. The Hall–Kier alpha value is -3.82. The van der Waals surface area contributed by atoms with Crippen molar-refractivity contribution in [3.63, 3.8) is 0 Å². The number of amides is 1. The first-order valence-corrected chi connectivity index (χ1v) is 13.6. The fourth-order valence-electron chi connectivity index (χ4n) is 5.39. The van der Waals surface area contributed by atoms with E-state index in [0.29, 0.717) is 42.5 Å². The molecule has 4 heterocycles. The van der Waals surface area contributed by atoms with Gasteiger partial charge < -0.3 is 14.9 Å². The standard InChI is InChI=1S/C30H32ClFN6O2/c1-6-24(39)37-14-13-36(16-19(37)5)28-21-15-22(31)26(20-9-7-8-10-23(20)32)34-29(21)38(30(40)35-28)27-18(4)11-12-33-25(27)17(2)3/h6-12,15,17,19,30,40H,1,13-14,16H2,2-5H3/t19-,30?/m1/s1. The van der Waals surface area contributed by atoms with E-state index in [1.165, 1.54) is 12.1 Å². The smallest absolute Gasteiger partial charge is 0.246 e. The average Bonchev–Trinajstić information content (AvgIpc) is 2.93. The van der Waals surface area contributed by atoms with E-state index in [-0.39, 0.29) is 34.1 Å². The minimum absolute atomic E-state index is 0.0468. The summed E-state index contributed by atoms with van der Waals surface area (Å²) in [7, 11) is 0. The molecule has 1 N–H and O–H groups in total. The SMILES string of the molecule is C=CC(=O)N1CCN(C2=NC(O)N(c3c(C)ccnc3C(C)C)c3nc(-c4ccccc4F)c(Cl)cc32)C[C@H]1C. The molecule has 40 heavy (non-hydrogen) atoms. The fourth-order valence-corrected chi connectivity index (χ4v) is 5.64. The van der Waals surface area contributed by atoms with Crippen molar-refractivity contribution in [1.82, 2.24) is 19.8 Å². The lowest BCUT2D eigenvalue weighted by Gasteiger charge is -2.43. The molecule has 2 aromatic heterocycles. The van der Waals surface area contributed by atoms with Gasteiger partial charge >= 0.3 is 0 Å². The first-order valence-electron chi connectivity index (χ1n) is 13.3. The number of aromatic nitrogens is 2. The molecule has 0 radical (unpaired) electrons. The van der Waals surface area contributed by atoms with Crippen LogP contribution >= 0.6 is 11.6 Å². The van der Waals surface area contributed by atoms with Crippen molar-refractivity contribution in [2.75, 3.05) is 24.5 Å². The minimum Gasteiger partial charge on any atom is -0.355 e. The van der Waals surface area contributed by atoms with Crippen molar-refractivity contribution in [1.29, 1.82) is 0 Å². The van der Waals surface area contributed by atoms with Gasteiger partial charge in [-0.05, 0) is 55.7 Å². The third-order valence-electron chi connectivity index (χ3n) is 7.35. The minimum atomic E-state index is -1.33. The third-order valence-corrected chi connectivity index (χ3v) is 7.64. The predicted molar refractivity (Wildman–Crippen MR) is 155 cm³/mol. The Morgan fingerprint density at radius 3 is 2.65 bits per heavy atom. The van der Waals surface area contributed by atoms with Crippen LogP contribution < -0.4 is 4.90 Å². The molecule has 8 nitrogen and oxygen atoms in total. The lowest BCUT2D eigenvalue weighted by Crippen LogP contribution is -2.56. The summed E-state index contributed by atoms with van der Waals surface area (Å²) in [6.07, 6.45) is 1.73. The van der Waals surface area contributed by atoms with E-state index in [1.807, 2.05) is 38.7 Å². The van der Waals surface area contributed by atoms with Gasteiger partial charge in [-0.3, -0.25) is 14.7 Å². The van der Waals surface area contributed by atoms with Crippen LogP contribution in [-0.4, -0.2) is 68.6 Å². The second-order valence-electron chi connectivity index (χ2n) is 10.4. The van der Waals surface area contributed by atoms with Crippen molar-refractivity contribution < 1.29 is 14.3 Å². The lowest BCUT2D eigenvalue weighted by atomic mass is 10.0. The van der Waals surface area contributed by atoms with Crippen LogP contribution in [0.3, 0.4) is 0 Å². The van der Waals surface area contributed by atoms with Crippen molar-refractivity contribution in [2.24, 2.45) is 4.99 Å². The number of aliphatic hydroxyl groups is 1. The van der Waals surface area contributed by atoms with Gasteiger partial charge in [0.25, 0.3) is 0 Å². The summed E-state index contributed by atoms with van der Waals surface area (Å²) in [6.45, 7) is 13.0. The number of carbonyl (C=O) groups excluding carboxylic acids is 1. The van der Waals surface area contributed by atoms with E-state index < -0.39 is 12.2 Å².